The molecular weight excluding hydrogens is 320 g/mol. The van der Waals surface area contributed by atoms with Gasteiger partial charge in [0.2, 0.25) is 5.91 Å². The fourth-order valence-electron chi connectivity index (χ4n) is 3.13. The number of aromatic nitrogens is 2. The minimum absolute atomic E-state index is 0.0305. The van der Waals surface area contributed by atoms with Crippen LogP contribution in [0, 0.1) is 0 Å². The zero-order valence-electron chi connectivity index (χ0n) is 14.9. The van der Waals surface area contributed by atoms with Crippen molar-refractivity contribution < 1.29 is 4.79 Å². The largest absolute Gasteiger partial charge is 0.331 e. The zero-order chi connectivity index (χ0) is 17.3. The number of carbonyl (C=O) groups is 1. The van der Waals surface area contributed by atoms with Gasteiger partial charge in [0, 0.05) is 31.9 Å². The molecular formula is C18H26N4OS. The van der Waals surface area contributed by atoms with E-state index in [0.29, 0.717) is 12.5 Å². The SMILES string of the molecule is CC(C)N(C)Cc1cnc2n1CCN(C(=O)Cc1ccsc1)[C@H]2C. The molecule has 0 radical (unpaired) electrons. The van der Waals surface area contributed by atoms with Crippen molar-refractivity contribution in [3.8, 4) is 0 Å². The van der Waals surface area contributed by atoms with Crippen LogP contribution < -0.4 is 0 Å². The third kappa shape index (κ3) is 3.39. The van der Waals surface area contributed by atoms with Gasteiger partial charge in [-0.1, -0.05) is 0 Å². The molecule has 3 rings (SSSR count). The van der Waals surface area contributed by atoms with E-state index in [1.54, 1.807) is 11.3 Å². The molecule has 0 aromatic carbocycles. The van der Waals surface area contributed by atoms with Crippen molar-refractivity contribution in [3.05, 3.63) is 40.1 Å². The van der Waals surface area contributed by atoms with Gasteiger partial charge in [0.25, 0.3) is 0 Å². The van der Waals surface area contributed by atoms with Gasteiger partial charge in [0.1, 0.15) is 5.82 Å². The van der Waals surface area contributed by atoms with Gasteiger partial charge >= 0.3 is 0 Å². The van der Waals surface area contributed by atoms with Gasteiger partial charge in [-0.15, -0.1) is 0 Å². The Morgan fingerprint density at radius 1 is 1.46 bits per heavy atom. The number of fused-ring (bicyclic) bond motifs is 1. The molecule has 2 aromatic rings. The third-order valence-corrected chi connectivity index (χ3v) is 5.66. The van der Waals surface area contributed by atoms with Gasteiger partial charge in [-0.3, -0.25) is 9.69 Å². The lowest BCUT2D eigenvalue weighted by Gasteiger charge is -2.35. The Hall–Kier alpha value is -1.66. The summed E-state index contributed by atoms with van der Waals surface area (Å²) >= 11 is 1.64. The summed E-state index contributed by atoms with van der Waals surface area (Å²) in [5, 5.41) is 4.07. The lowest BCUT2D eigenvalue weighted by Crippen LogP contribution is -2.42. The number of carbonyl (C=O) groups excluding carboxylic acids is 1. The summed E-state index contributed by atoms with van der Waals surface area (Å²) in [6, 6.07) is 2.56. The van der Waals surface area contributed by atoms with E-state index in [0.717, 1.165) is 31.0 Å². The second kappa shape index (κ2) is 7.07. The summed E-state index contributed by atoms with van der Waals surface area (Å²) in [4.78, 5) is 21.5. The highest BCUT2D eigenvalue weighted by atomic mass is 32.1. The molecule has 0 unspecified atom stereocenters. The Balaban J connectivity index is 1.73. The molecule has 0 fully saturated rings. The van der Waals surface area contributed by atoms with Crippen molar-refractivity contribution in [2.45, 2.75) is 52.4 Å². The molecule has 2 aromatic heterocycles. The fraction of sp³-hybridized carbons (Fsp3) is 0.556. The maximum absolute atomic E-state index is 12.6. The molecule has 0 saturated carbocycles. The molecule has 5 nitrogen and oxygen atoms in total. The molecule has 1 aliphatic heterocycles. The Bertz CT molecular complexity index is 692. The molecule has 0 saturated heterocycles. The van der Waals surface area contributed by atoms with E-state index in [1.165, 1.54) is 5.69 Å². The molecule has 0 spiro atoms. The van der Waals surface area contributed by atoms with Crippen LogP contribution >= 0.6 is 11.3 Å². The van der Waals surface area contributed by atoms with E-state index in [-0.39, 0.29) is 11.9 Å². The standard InChI is InChI=1S/C18H26N4OS/c1-13(2)20(4)11-16-10-19-18-14(3)21(6-7-22(16)18)17(23)9-15-5-8-24-12-15/h5,8,10,12-14H,6-7,9,11H2,1-4H3/t14-/m0/s1. The number of amides is 1. The third-order valence-electron chi connectivity index (χ3n) is 4.92. The average molecular weight is 346 g/mol. The number of imidazole rings is 1. The van der Waals surface area contributed by atoms with E-state index < -0.39 is 0 Å². The summed E-state index contributed by atoms with van der Waals surface area (Å²) in [6.07, 6.45) is 2.45. The number of rotatable bonds is 5. The maximum atomic E-state index is 12.6. The molecule has 1 amide bonds. The smallest absolute Gasteiger partial charge is 0.227 e. The Morgan fingerprint density at radius 3 is 2.92 bits per heavy atom. The predicted octanol–water partition coefficient (Wildman–Crippen LogP) is 2.93. The van der Waals surface area contributed by atoms with Gasteiger partial charge in [0.15, 0.2) is 0 Å². The normalized spacial score (nSPS) is 17.6. The monoisotopic (exact) mass is 346 g/mol. The molecule has 0 N–H and O–H groups in total. The number of hydrogen-bond donors (Lipinski definition) is 0. The van der Waals surface area contributed by atoms with Crippen LogP contribution in [0.4, 0.5) is 0 Å². The number of hydrogen-bond acceptors (Lipinski definition) is 4. The highest BCUT2D eigenvalue weighted by molar-refractivity contribution is 7.07. The Kier molecular flexibility index (Phi) is 5.06. The van der Waals surface area contributed by atoms with E-state index in [9.17, 15) is 4.79 Å². The molecule has 6 heteroatoms. The molecule has 0 bridgehead atoms. The second-order valence-corrected chi connectivity index (χ2v) is 7.62. The van der Waals surface area contributed by atoms with Crippen LogP contribution in [0.3, 0.4) is 0 Å². The van der Waals surface area contributed by atoms with Crippen molar-refractivity contribution in [3.63, 3.8) is 0 Å². The van der Waals surface area contributed by atoms with Crippen LogP contribution in [-0.4, -0.2) is 44.9 Å². The van der Waals surface area contributed by atoms with Gasteiger partial charge < -0.3 is 9.47 Å². The molecule has 1 aliphatic rings. The maximum Gasteiger partial charge on any atom is 0.227 e. The number of nitrogens with zero attached hydrogens (tertiary/aromatic N) is 4. The average Bonchev–Trinajstić information content (AvgIpc) is 3.18. The Morgan fingerprint density at radius 2 is 2.25 bits per heavy atom. The number of thiophene rings is 1. The van der Waals surface area contributed by atoms with Crippen LogP contribution in [-0.2, 0) is 24.3 Å². The van der Waals surface area contributed by atoms with Gasteiger partial charge in [-0.05, 0) is 50.2 Å². The lowest BCUT2D eigenvalue weighted by molar-refractivity contribution is -0.133. The lowest BCUT2D eigenvalue weighted by atomic mass is 10.1. The van der Waals surface area contributed by atoms with Crippen LogP contribution in [0.1, 0.15) is 43.9 Å². The van der Waals surface area contributed by atoms with Crippen molar-refractivity contribution in [1.82, 2.24) is 19.4 Å². The van der Waals surface area contributed by atoms with Gasteiger partial charge in [0.05, 0.1) is 18.2 Å². The quantitative estimate of drug-likeness (QED) is 0.836. The van der Waals surface area contributed by atoms with Crippen LogP contribution in [0.5, 0.6) is 0 Å². The van der Waals surface area contributed by atoms with Crippen molar-refractivity contribution >= 4 is 17.2 Å². The first-order valence-corrected chi connectivity index (χ1v) is 9.46. The minimum Gasteiger partial charge on any atom is -0.331 e. The minimum atomic E-state index is 0.0305. The van der Waals surface area contributed by atoms with Gasteiger partial charge in [-0.25, -0.2) is 4.98 Å². The molecule has 0 aliphatic carbocycles. The molecule has 1 atom stereocenters. The summed E-state index contributed by atoms with van der Waals surface area (Å²) in [5.74, 6) is 1.20. The summed E-state index contributed by atoms with van der Waals surface area (Å²) in [6.45, 7) is 8.95. The first kappa shape index (κ1) is 17.2. The van der Waals surface area contributed by atoms with E-state index >= 15 is 0 Å². The Labute approximate surface area is 147 Å². The molecule has 3 heterocycles. The zero-order valence-corrected chi connectivity index (χ0v) is 15.7. The molecule has 24 heavy (non-hydrogen) atoms. The summed E-state index contributed by atoms with van der Waals surface area (Å²) in [5.41, 5.74) is 2.34. The highest BCUT2D eigenvalue weighted by Gasteiger charge is 2.30. The van der Waals surface area contributed by atoms with Gasteiger partial charge in [-0.2, -0.15) is 11.3 Å². The molecule has 130 valence electrons. The summed E-state index contributed by atoms with van der Waals surface area (Å²) < 4.78 is 2.29. The van der Waals surface area contributed by atoms with Crippen LogP contribution in [0.25, 0.3) is 0 Å². The van der Waals surface area contributed by atoms with Crippen molar-refractivity contribution in [2.75, 3.05) is 13.6 Å². The van der Waals surface area contributed by atoms with E-state index in [1.807, 2.05) is 27.9 Å². The van der Waals surface area contributed by atoms with Crippen molar-refractivity contribution in [2.24, 2.45) is 0 Å². The fourth-order valence-corrected chi connectivity index (χ4v) is 3.80. The summed E-state index contributed by atoms with van der Waals surface area (Å²) in [7, 11) is 2.13. The first-order chi connectivity index (χ1) is 11.5. The van der Waals surface area contributed by atoms with Crippen molar-refractivity contribution in [1.29, 1.82) is 0 Å². The van der Waals surface area contributed by atoms with Crippen LogP contribution in [0.2, 0.25) is 0 Å². The predicted molar refractivity (Wildman–Crippen MR) is 97.0 cm³/mol. The van der Waals surface area contributed by atoms with Crippen LogP contribution in [0.15, 0.2) is 23.0 Å². The first-order valence-electron chi connectivity index (χ1n) is 8.52. The second-order valence-electron chi connectivity index (χ2n) is 6.84. The van der Waals surface area contributed by atoms with E-state index in [4.69, 9.17) is 0 Å². The van der Waals surface area contributed by atoms with E-state index in [2.05, 4.69) is 42.3 Å². The highest BCUT2D eigenvalue weighted by Crippen LogP contribution is 2.26. The topological polar surface area (TPSA) is 41.4 Å².